The van der Waals surface area contributed by atoms with Crippen molar-refractivity contribution in [3.63, 3.8) is 0 Å². The van der Waals surface area contributed by atoms with E-state index in [-0.39, 0.29) is 16.0 Å². The van der Waals surface area contributed by atoms with E-state index in [2.05, 4.69) is 61.3 Å². The van der Waals surface area contributed by atoms with Crippen LogP contribution in [0.15, 0.2) is 78.9 Å². The zero-order valence-corrected chi connectivity index (χ0v) is 17.3. The SMILES string of the molecule is CC1(C)c2ccccc2-c2c1c(-c1ccccc1[N+](=O)[O-])cc1c2[nH]c2ccccc21. The number of nitro groups is 1. The number of fused-ring (bicyclic) bond motifs is 7. The number of benzene rings is 4. The normalized spacial score (nSPS) is 14.0. The van der Waals surface area contributed by atoms with Crippen molar-refractivity contribution in [3.05, 3.63) is 100 Å². The highest BCUT2D eigenvalue weighted by Crippen LogP contribution is 2.55. The van der Waals surface area contributed by atoms with E-state index in [0.29, 0.717) is 5.56 Å². The topological polar surface area (TPSA) is 58.9 Å². The molecule has 4 aromatic carbocycles. The van der Waals surface area contributed by atoms with Crippen LogP contribution in [0, 0.1) is 10.1 Å². The lowest BCUT2D eigenvalue weighted by Crippen LogP contribution is -2.16. The number of aromatic nitrogens is 1. The first-order valence-electron chi connectivity index (χ1n) is 10.4. The van der Waals surface area contributed by atoms with Gasteiger partial charge in [0.05, 0.1) is 16.0 Å². The summed E-state index contributed by atoms with van der Waals surface area (Å²) < 4.78 is 0. The Balaban J connectivity index is 1.86. The van der Waals surface area contributed by atoms with Gasteiger partial charge in [-0.05, 0) is 40.5 Å². The molecule has 0 fully saturated rings. The predicted molar refractivity (Wildman–Crippen MR) is 125 cm³/mol. The number of rotatable bonds is 2. The third-order valence-electron chi connectivity index (χ3n) is 6.69. The van der Waals surface area contributed by atoms with Crippen LogP contribution in [0.5, 0.6) is 0 Å². The molecule has 4 nitrogen and oxygen atoms in total. The Kier molecular flexibility index (Phi) is 3.49. The molecule has 0 bridgehead atoms. The van der Waals surface area contributed by atoms with Gasteiger partial charge in [-0.25, -0.2) is 0 Å². The minimum absolute atomic E-state index is 0.135. The molecule has 150 valence electrons. The summed E-state index contributed by atoms with van der Waals surface area (Å²) >= 11 is 0. The van der Waals surface area contributed by atoms with E-state index in [1.165, 1.54) is 11.1 Å². The molecule has 0 aliphatic heterocycles. The summed E-state index contributed by atoms with van der Waals surface area (Å²) in [5.74, 6) is 0. The van der Waals surface area contributed by atoms with Crippen LogP contribution in [0.3, 0.4) is 0 Å². The first-order chi connectivity index (χ1) is 15.0. The molecule has 1 aliphatic rings. The van der Waals surface area contributed by atoms with Crippen molar-refractivity contribution in [2.75, 3.05) is 0 Å². The molecule has 0 unspecified atom stereocenters. The maximum atomic E-state index is 11.9. The summed E-state index contributed by atoms with van der Waals surface area (Å²) in [6.07, 6.45) is 0. The minimum atomic E-state index is -0.282. The highest BCUT2D eigenvalue weighted by atomic mass is 16.6. The van der Waals surface area contributed by atoms with Crippen molar-refractivity contribution in [1.82, 2.24) is 4.98 Å². The highest BCUT2D eigenvalue weighted by molar-refractivity contribution is 6.16. The van der Waals surface area contributed by atoms with E-state index in [0.717, 1.165) is 38.5 Å². The Morgan fingerprint density at radius 1 is 0.806 bits per heavy atom. The van der Waals surface area contributed by atoms with Gasteiger partial charge >= 0.3 is 0 Å². The number of hydrogen-bond donors (Lipinski definition) is 1. The van der Waals surface area contributed by atoms with Crippen molar-refractivity contribution in [2.24, 2.45) is 0 Å². The predicted octanol–water partition coefficient (Wildman–Crippen LogP) is 7.20. The van der Waals surface area contributed by atoms with Gasteiger partial charge in [0.15, 0.2) is 0 Å². The van der Waals surface area contributed by atoms with Gasteiger partial charge in [0.1, 0.15) is 0 Å². The van der Waals surface area contributed by atoms with Gasteiger partial charge in [0.25, 0.3) is 5.69 Å². The van der Waals surface area contributed by atoms with Crippen LogP contribution in [-0.2, 0) is 5.41 Å². The van der Waals surface area contributed by atoms with E-state index < -0.39 is 0 Å². The fourth-order valence-electron chi connectivity index (χ4n) is 5.36. The molecule has 1 aliphatic carbocycles. The van der Waals surface area contributed by atoms with Gasteiger partial charge in [-0.1, -0.05) is 68.4 Å². The quantitative estimate of drug-likeness (QED) is 0.250. The Morgan fingerprint density at radius 2 is 1.48 bits per heavy atom. The van der Waals surface area contributed by atoms with Crippen LogP contribution < -0.4 is 0 Å². The second kappa shape index (κ2) is 6.05. The maximum Gasteiger partial charge on any atom is 0.277 e. The third kappa shape index (κ3) is 2.30. The lowest BCUT2D eigenvalue weighted by atomic mass is 9.78. The molecule has 0 atom stereocenters. The number of para-hydroxylation sites is 2. The number of hydrogen-bond acceptors (Lipinski definition) is 2. The summed E-state index contributed by atoms with van der Waals surface area (Å²) in [4.78, 5) is 15.3. The lowest BCUT2D eigenvalue weighted by molar-refractivity contribution is -0.384. The van der Waals surface area contributed by atoms with E-state index in [1.54, 1.807) is 12.1 Å². The molecular formula is C27H20N2O2. The van der Waals surface area contributed by atoms with Crippen molar-refractivity contribution in [2.45, 2.75) is 19.3 Å². The number of nitro benzene ring substituents is 1. The van der Waals surface area contributed by atoms with E-state index in [4.69, 9.17) is 0 Å². The number of nitrogens with one attached hydrogen (secondary N) is 1. The zero-order chi connectivity index (χ0) is 21.3. The van der Waals surface area contributed by atoms with Gasteiger partial charge in [-0.15, -0.1) is 0 Å². The lowest BCUT2D eigenvalue weighted by Gasteiger charge is -2.24. The second-order valence-electron chi connectivity index (χ2n) is 8.71. The summed E-state index contributed by atoms with van der Waals surface area (Å²) in [6, 6.07) is 25.9. The Labute approximate surface area is 179 Å². The van der Waals surface area contributed by atoms with Crippen LogP contribution >= 0.6 is 0 Å². The van der Waals surface area contributed by atoms with Gasteiger partial charge in [0, 0.05) is 33.3 Å². The molecule has 6 rings (SSSR count). The van der Waals surface area contributed by atoms with Gasteiger partial charge in [-0.3, -0.25) is 10.1 Å². The number of aromatic amines is 1. The van der Waals surface area contributed by atoms with Crippen molar-refractivity contribution in [3.8, 4) is 22.3 Å². The fourth-order valence-corrected chi connectivity index (χ4v) is 5.36. The zero-order valence-electron chi connectivity index (χ0n) is 17.3. The standard InChI is InChI=1S/C27H20N2O2/c1-27(2)21-12-6-3-11-18(21)24-25(27)19(17-10-5-8-14-23(17)29(30)31)15-20-16-9-4-7-13-22(16)28-26(20)24/h3-15,28H,1-2H3. The molecule has 4 heteroatoms. The summed E-state index contributed by atoms with van der Waals surface area (Å²) in [7, 11) is 0. The van der Waals surface area contributed by atoms with Crippen LogP contribution in [0.1, 0.15) is 25.0 Å². The van der Waals surface area contributed by atoms with Gasteiger partial charge in [0.2, 0.25) is 0 Å². The molecule has 0 radical (unpaired) electrons. The molecular weight excluding hydrogens is 384 g/mol. The smallest absolute Gasteiger partial charge is 0.277 e. The number of nitrogens with zero attached hydrogens (tertiary/aromatic N) is 1. The first-order valence-corrected chi connectivity index (χ1v) is 10.4. The molecule has 1 heterocycles. The Bertz CT molecular complexity index is 1540. The summed E-state index contributed by atoms with van der Waals surface area (Å²) in [6.45, 7) is 4.43. The van der Waals surface area contributed by atoms with Gasteiger partial charge < -0.3 is 4.98 Å². The van der Waals surface area contributed by atoms with Crippen LogP contribution in [0.25, 0.3) is 44.1 Å². The maximum absolute atomic E-state index is 11.9. The van der Waals surface area contributed by atoms with Crippen LogP contribution in [-0.4, -0.2) is 9.91 Å². The van der Waals surface area contributed by atoms with Crippen molar-refractivity contribution in [1.29, 1.82) is 0 Å². The highest BCUT2D eigenvalue weighted by Gasteiger charge is 2.40. The van der Waals surface area contributed by atoms with Crippen LogP contribution in [0.4, 0.5) is 5.69 Å². The molecule has 5 aromatic rings. The Hall–Kier alpha value is -3.92. The molecule has 0 amide bonds. The summed E-state index contributed by atoms with van der Waals surface area (Å²) in [5.41, 5.74) is 8.35. The molecule has 0 saturated carbocycles. The molecule has 0 spiro atoms. The Morgan fingerprint density at radius 3 is 2.29 bits per heavy atom. The average Bonchev–Trinajstić information content (AvgIpc) is 3.26. The second-order valence-corrected chi connectivity index (χ2v) is 8.71. The van der Waals surface area contributed by atoms with Crippen molar-refractivity contribution >= 4 is 27.5 Å². The minimum Gasteiger partial charge on any atom is -0.354 e. The van der Waals surface area contributed by atoms with Gasteiger partial charge in [-0.2, -0.15) is 0 Å². The summed E-state index contributed by atoms with van der Waals surface area (Å²) in [5, 5.41) is 14.1. The molecule has 31 heavy (non-hydrogen) atoms. The van der Waals surface area contributed by atoms with Crippen molar-refractivity contribution < 1.29 is 4.92 Å². The monoisotopic (exact) mass is 404 g/mol. The van der Waals surface area contributed by atoms with E-state index in [1.807, 2.05) is 24.3 Å². The third-order valence-corrected chi connectivity index (χ3v) is 6.69. The molecule has 1 N–H and O–H groups in total. The van der Waals surface area contributed by atoms with E-state index in [9.17, 15) is 10.1 Å². The van der Waals surface area contributed by atoms with Crippen LogP contribution in [0.2, 0.25) is 0 Å². The first kappa shape index (κ1) is 17.9. The number of H-pyrrole nitrogens is 1. The fraction of sp³-hybridized carbons (Fsp3) is 0.111. The molecule has 1 aromatic heterocycles. The molecule has 0 saturated heterocycles. The largest absolute Gasteiger partial charge is 0.354 e. The van der Waals surface area contributed by atoms with E-state index >= 15 is 0 Å². The average molecular weight is 404 g/mol.